The molecule has 2 N–H and O–H groups in total. The van der Waals surface area contributed by atoms with Gasteiger partial charge < -0.3 is 5.84 Å². The Morgan fingerprint density at radius 2 is 1.96 bits per heavy atom. The second-order valence-corrected chi connectivity index (χ2v) is 8.88. The molecule has 3 rings (SSSR count). The number of benzene rings is 1. The van der Waals surface area contributed by atoms with Crippen molar-refractivity contribution < 1.29 is 4.79 Å². The first-order valence-corrected chi connectivity index (χ1v) is 10.2. The Morgan fingerprint density at radius 3 is 2.56 bits per heavy atom. The number of nitrogens with two attached hydrogens (primary N) is 1. The summed E-state index contributed by atoms with van der Waals surface area (Å²) in [4.78, 5) is 18.0. The number of hydrogen-bond donors (Lipinski definition) is 1. The predicted molar refractivity (Wildman–Crippen MR) is 111 cm³/mol. The van der Waals surface area contributed by atoms with Gasteiger partial charge >= 0.3 is 0 Å². The van der Waals surface area contributed by atoms with Crippen LogP contribution < -0.4 is 10.7 Å². The normalized spacial score (nSPS) is 11.6. The largest absolute Gasteiger partial charge is 0.335 e. The highest BCUT2D eigenvalue weighted by molar-refractivity contribution is 7.99. The minimum Gasteiger partial charge on any atom is -0.335 e. The fourth-order valence-electron chi connectivity index (χ4n) is 2.40. The van der Waals surface area contributed by atoms with Crippen molar-refractivity contribution in [3.63, 3.8) is 0 Å². The van der Waals surface area contributed by atoms with Gasteiger partial charge in [-0.3, -0.25) is 9.69 Å². The van der Waals surface area contributed by atoms with E-state index in [1.807, 2.05) is 17.5 Å². The Balaban J connectivity index is 1.69. The third-order valence-corrected chi connectivity index (χ3v) is 5.85. The number of aromatic nitrogens is 4. The summed E-state index contributed by atoms with van der Waals surface area (Å²) < 4.78 is 1.42. The fraction of sp³-hybridized carbons (Fsp3) is 0.333. The number of thiazole rings is 1. The van der Waals surface area contributed by atoms with Gasteiger partial charge in [0.25, 0.3) is 0 Å². The molecule has 9 heteroatoms. The van der Waals surface area contributed by atoms with Crippen LogP contribution in [-0.2, 0) is 10.2 Å². The van der Waals surface area contributed by atoms with Crippen LogP contribution in [0, 0.1) is 0 Å². The van der Waals surface area contributed by atoms with Crippen LogP contribution in [0.5, 0.6) is 0 Å². The van der Waals surface area contributed by atoms with E-state index < -0.39 is 0 Å². The molecule has 0 radical (unpaired) electrons. The van der Waals surface area contributed by atoms with E-state index >= 15 is 0 Å². The van der Waals surface area contributed by atoms with Crippen LogP contribution in [0.1, 0.15) is 26.3 Å². The average Bonchev–Trinajstić information content (AvgIpc) is 3.28. The SMILES string of the molecule is CN(C(=O)CSc1nnc(-c2ccc(C(C)(C)C)cc2)n1N)c1nccs1. The summed E-state index contributed by atoms with van der Waals surface area (Å²) in [5.41, 5.74) is 2.20. The number of carbonyl (C=O) groups is 1. The van der Waals surface area contributed by atoms with Gasteiger partial charge in [0.05, 0.1) is 5.75 Å². The van der Waals surface area contributed by atoms with E-state index in [-0.39, 0.29) is 17.1 Å². The monoisotopic (exact) mass is 402 g/mol. The first-order valence-electron chi connectivity index (χ1n) is 8.37. The van der Waals surface area contributed by atoms with Crippen molar-refractivity contribution in [1.82, 2.24) is 19.9 Å². The van der Waals surface area contributed by atoms with Crippen molar-refractivity contribution in [1.29, 1.82) is 0 Å². The van der Waals surface area contributed by atoms with Crippen LogP contribution in [0.3, 0.4) is 0 Å². The van der Waals surface area contributed by atoms with E-state index in [1.165, 1.54) is 38.2 Å². The van der Waals surface area contributed by atoms with E-state index in [2.05, 4.69) is 48.1 Å². The molecule has 27 heavy (non-hydrogen) atoms. The number of anilines is 1. The topological polar surface area (TPSA) is 89.9 Å². The maximum atomic E-state index is 12.3. The maximum absolute atomic E-state index is 12.3. The Bertz CT molecular complexity index is 912. The molecule has 0 fully saturated rings. The van der Waals surface area contributed by atoms with E-state index in [4.69, 9.17) is 5.84 Å². The average molecular weight is 403 g/mol. The summed E-state index contributed by atoms with van der Waals surface area (Å²) in [6.45, 7) is 6.51. The number of carbonyl (C=O) groups excluding carboxylic acids is 1. The number of nitrogens with zero attached hydrogens (tertiary/aromatic N) is 5. The van der Waals surface area contributed by atoms with E-state index in [0.29, 0.717) is 16.1 Å². The lowest BCUT2D eigenvalue weighted by Crippen LogP contribution is -2.28. The Morgan fingerprint density at radius 1 is 1.26 bits per heavy atom. The molecule has 7 nitrogen and oxygen atoms in total. The molecule has 1 aromatic carbocycles. The van der Waals surface area contributed by atoms with Crippen LogP contribution in [-0.4, -0.2) is 38.6 Å². The highest BCUT2D eigenvalue weighted by atomic mass is 32.2. The fourth-order valence-corrected chi connectivity index (χ4v) is 3.80. The Kier molecular flexibility index (Phi) is 5.52. The van der Waals surface area contributed by atoms with Crippen LogP contribution >= 0.6 is 23.1 Å². The number of thioether (sulfide) groups is 1. The van der Waals surface area contributed by atoms with Crippen LogP contribution in [0.15, 0.2) is 41.0 Å². The molecule has 142 valence electrons. The van der Waals surface area contributed by atoms with Crippen molar-refractivity contribution in [3.8, 4) is 11.4 Å². The summed E-state index contributed by atoms with van der Waals surface area (Å²) in [6, 6.07) is 8.13. The van der Waals surface area contributed by atoms with Gasteiger partial charge in [-0.1, -0.05) is 56.8 Å². The van der Waals surface area contributed by atoms with E-state index in [1.54, 1.807) is 13.2 Å². The molecule has 0 aliphatic rings. The molecule has 0 spiro atoms. The quantitative estimate of drug-likeness (QED) is 0.521. The summed E-state index contributed by atoms with van der Waals surface area (Å²) in [7, 11) is 1.71. The smallest absolute Gasteiger partial charge is 0.238 e. The zero-order valence-electron chi connectivity index (χ0n) is 15.7. The molecule has 0 aliphatic carbocycles. The zero-order valence-corrected chi connectivity index (χ0v) is 17.3. The van der Waals surface area contributed by atoms with Crippen molar-refractivity contribution in [3.05, 3.63) is 41.4 Å². The predicted octanol–water partition coefficient (Wildman–Crippen LogP) is 3.17. The summed E-state index contributed by atoms with van der Waals surface area (Å²) in [5.74, 6) is 6.85. The molecule has 0 unspecified atom stereocenters. The molecule has 3 aromatic rings. The first-order chi connectivity index (χ1) is 12.8. The van der Waals surface area contributed by atoms with Gasteiger partial charge in [0.1, 0.15) is 0 Å². The Labute approximate surface area is 166 Å². The molecule has 2 aromatic heterocycles. The lowest BCUT2D eigenvalue weighted by Gasteiger charge is -2.19. The number of amides is 1. The first kappa shape index (κ1) is 19.4. The molecule has 0 saturated carbocycles. The molecular formula is C18H22N6OS2. The highest BCUT2D eigenvalue weighted by Crippen LogP contribution is 2.27. The van der Waals surface area contributed by atoms with Crippen molar-refractivity contribution >= 4 is 34.1 Å². The molecule has 0 bridgehead atoms. The van der Waals surface area contributed by atoms with Gasteiger partial charge in [0.15, 0.2) is 11.0 Å². The second kappa shape index (κ2) is 7.69. The third kappa shape index (κ3) is 4.30. The summed E-state index contributed by atoms with van der Waals surface area (Å²) >= 11 is 2.67. The van der Waals surface area contributed by atoms with Gasteiger partial charge in [0, 0.05) is 24.2 Å². The van der Waals surface area contributed by atoms with Gasteiger partial charge in [0.2, 0.25) is 11.1 Å². The summed E-state index contributed by atoms with van der Waals surface area (Å²) in [6.07, 6.45) is 1.67. The van der Waals surface area contributed by atoms with E-state index in [0.717, 1.165) is 5.56 Å². The van der Waals surface area contributed by atoms with Gasteiger partial charge in [-0.2, -0.15) is 0 Å². The molecule has 0 atom stereocenters. The third-order valence-electron chi connectivity index (χ3n) is 4.08. The van der Waals surface area contributed by atoms with Gasteiger partial charge in [-0.05, 0) is 11.0 Å². The van der Waals surface area contributed by atoms with Crippen molar-refractivity contribution in [2.24, 2.45) is 0 Å². The lowest BCUT2D eigenvalue weighted by atomic mass is 9.87. The number of rotatable bonds is 5. The molecule has 0 saturated heterocycles. The standard InChI is InChI=1S/C18H22N6OS2/c1-18(2,3)13-7-5-12(6-8-13)15-21-22-17(24(15)19)27-11-14(25)23(4)16-20-9-10-26-16/h5-10H,11,19H2,1-4H3. The number of nitrogen functional groups attached to an aromatic ring is 1. The van der Waals surface area contributed by atoms with Gasteiger partial charge in [-0.25, -0.2) is 9.66 Å². The second-order valence-electron chi connectivity index (χ2n) is 7.06. The molecule has 2 heterocycles. The van der Waals surface area contributed by atoms with Gasteiger partial charge in [-0.15, -0.1) is 21.5 Å². The van der Waals surface area contributed by atoms with Crippen LogP contribution in [0.2, 0.25) is 0 Å². The Hall–Kier alpha value is -2.39. The van der Waals surface area contributed by atoms with Crippen molar-refractivity contribution in [2.45, 2.75) is 31.3 Å². The number of hydrogen-bond acceptors (Lipinski definition) is 7. The lowest BCUT2D eigenvalue weighted by molar-refractivity contribution is -0.115. The molecule has 0 aliphatic heterocycles. The van der Waals surface area contributed by atoms with Crippen LogP contribution in [0.4, 0.5) is 5.13 Å². The highest BCUT2D eigenvalue weighted by Gasteiger charge is 2.18. The molecule has 1 amide bonds. The summed E-state index contributed by atoms with van der Waals surface area (Å²) in [5, 5.41) is 11.3. The minimum absolute atomic E-state index is 0.0750. The minimum atomic E-state index is -0.0750. The maximum Gasteiger partial charge on any atom is 0.238 e. The zero-order chi connectivity index (χ0) is 19.6. The van der Waals surface area contributed by atoms with Crippen LogP contribution in [0.25, 0.3) is 11.4 Å². The van der Waals surface area contributed by atoms with Crippen molar-refractivity contribution in [2.75, 3.05) is 23.5 Å². The molecular weight excluding hydrogens is 380 g/mol. The van der Waals surface area contributed by atoms with E-state index in [9.17, 15) is 4.79 Å².